The Bertz CT molecular complexity index is 1300. The van der Waals surface area contributed by atoms with Crippen LogP contribution in [-0.2, 0) is 11.3 Å². The van der Waals surface area contributed by atoms with Gasteiger partial charge in [-0.1, -0.05) is 6.07 Å². The molecule has 2 fully saturated rings. The zero-order valence-corrected chi connectivity index (χ0v) is 20.6. The van der Waals surface area contributed by atoms with Gasteiger partial charge >= 0.3 is 5.97 Å². The number of carbonyl (C=O) groups excluding carboxylic acids is 1. The minimum Gasteiger partial charge on any atom is -0.496 e. The lowest BCUT2D eigenvalue weighted by Gasteiger charge is -2.41. The van der Waals surface area contributed by atoms with Crippen molar-refractivity contribution in [2.75, 3.05) is 32.6 Å². The number of aromatic nitrogens is 1. The molecular formula is C28H32N4O3. The number of ether oxygens (including phenoxy) is 2. The number of esters is 1. The Morgan fingerprint density at radius 1 is 1.26 bits per heavy atom. The number of hydrogen-bond acceptors (Lipinski definition) is 6. The Morgan fingerprint density at radius 3 is 2.80 bits per heavy atom. The van der Waals surface area contributed by atoms with Crippen molar-refractivity contribution in [3.05, 3.63) is 58.8 Å². The van der Waals surface area contributed by atoms with Crippen molar-refractivity contribution >= 4 is 22.6 Å². The lowest BCUT2D eigenvalue weighted by atomic mass is 9.83. The number of H-pyrrole nitrogens is 1. The topological polar surface area (TPSA) is 90.4 Å². The first-order valence-corrected chi connectivity index (χ1v) is 12.2. The summed E-state index contributed by atoms with van der Waals surface area (Å²) in [5.41, 5.74) is 6.33. The van der Waals surface area contributed by atoms with Gasteiger partial charge in [-0.2, -0.15) is 5.26 Å². The van der Waals surface area contributed by atoms with Gasteiger partial charge in [0.1, 0.15) is 12.3 Å². The van der Waals surface area contributed by atoms with Crippen molar-refractivity contribution in [3.63, 3.8) is 0 Å². The van der Waals surface area contributed by atoms with Gasteiger partial charge in [-0.05, 0) is 80.0 Å². The van der Waals surface area contributed by atoms with E-state index < -0.39 is 0 Å². The third-order valence-corrected chi connectivity index (χ3v) is 7.84. The first kappa shape index (κ1) is 23.3. The molecule has 2 heterocycles. The van der Waals surface area contributed by atoms with Crippen LogP contribution in [0, 0.1) is 23.7 Å². The van der Waals surface area contributed by atoms with Crippen molar-refractivity contribution in [2.24, 2.45) is 5.41 Å². The summed E-state index contributed by atoms with van der Waals surface area (Å²) < 4.78 is 10.8. The van der Waals surface area contributed by atoms with E-state index in [0.717, 1.165) is 42.0 Å². The van der Waals surface area contributed by atoms with Crippen molar-refractivity contribution in [3.8, 4) is 11.8 Å². The van der Waals surface area contributed by atoms with E-state index in [0.29, 0.717) is 11.0 Å². The lowest BCUT2D eigenvalue weighted by molar-refractivity contribution is 0.0600. The molecule has 7 heteroatoms. The number of carbonyl (C=O) groups is 1. The monoisotopic (exact) mass is 472 g/mol. The van der Waals surface area contributed by atoms with E-state index in [9.17, 15) is 10.1 Å². The number of nitriles is 1. The fourth-order valence-electron chi connectivity index (χ4n) is 5.67. The van der Waals surface area contributed by atoms with Crippen molar-refractivity contribution in [1.82, 2.24) is 9.88 Å². The molecule has 35 heavy (non-hydrogen) atoms. The number of likely N-dealkylation sites (tertiary alicyclic amines) is 1. The van der Waals surface area contributed by atoms with Crippen LogP contribution in [0.4, 0.5) is 5.69 Å². The van der Waals surface area contributed by atoms with Gasteiger partial charge in [0.05, 0.1) is 25.9 Å². The van der Waals surface area contributed by atoms with Crippen LogP contribution >= 0.6 is 0 Å². The summed E-state index contributed by atoms with van der Waals surface area (Å²) in [6.45, 7) is 4.02. The fraction of sp³-hybridized carbons (Fsp3) is 0.429. The van der Waals surface area contributed by atoms with E-state index >= 15 is 0 Å². The zero-order chi connectivity index (χ0) is 24.6. The van der Waals surface area contributed by atoms with Crippen LogP contribution in [0.1, 0.15) is 58.8 Å². The molecule has 0 amide bonds. The van der Waals surface area contributed by atoms with E-state index in [4.69, 9.17) is 9.47 Å². The van der Waals surface area contributed by atoms with Gasteiger partial charge in [0.15, 0.2) is 0 Å². The highest BCUT2D eigenvalue weighted by atomic mass is 16.5. The molecule has 3 aromatic rings. The number of hydrogen-bond donors (Lipinski definition) is 2. The van der Waals surface area contributed by atoms with Crippen molar-refractivity contribution < 1.29 is 14.3 Å². The summed E-state index contributed by atoms with van der Waals surface area (Å²) >= 11 is 0. The number of nitrogens with zero attached hydrogens (tertiary/aromatic N) is 2. The maximum absolute atomic E-state index is 12.2. The Kier molecular flexibility index (Phi) is 6.16. The molecule has 7 nitrogen and oxygen atoms in total. The zero-order valence-electron chi connectivity index (χ0n) is 20.6. The number of aryl methyl sites for hydroxylation is 1. The molecule has 1 unspecified atom stereocenters. The van der Waals surface area contributed by atoms with Gasteiger partial charge < -0.3 is 19.8 Å². The second-order valence-electron chi connectivity index (χ2n) is 9.89. The molecule has 0 bridgehead atoms. The van der Waals surface area contributed by atoms with Gasteiger partial charge in [-0.25, -0.2) is 4.79 Å². The first-order valence-electron chi connectivity index (χ1n) is 12.2. The SMILES string of the molecule is COC(=O)c1ccc(C2CC3(CCN2Cc2c(OC)cc(C)c4[nH]ccc24)CC3)c(NCC#N)c1. The standard InChI is InChI=1S/C28H32N4O3/c1-18-14-25(34-2)22(20-6-11-31-26(18)20)17-32-13-9-28(7-8-28)16-24(32)21-5-4-19(27(33)35-3)15-23(21)30-12-10-29/h4-6,11,14-15,24,30-31H,7-9,12-13,16-17H2,1-3H3. The number of aromatic amines is 1. The van der Waals surface area contributed by atoms with E-state index in [1.165, 1.54) is 42.9 Å². The van der Waals surface area contributed by atoms with Crippen LogP contribution in [0.2, 0.25) is 0 Å². The smallest absolute Gasteiger partial charge is 0.337 e. The summed E-state index contributed by atoms with van der Waals surface area (Å²) in [5, 5.41) is 13.7. The minimum absolute atomic E-state index is 0.166. The second-order valence-corrected chi connectivity index (χ2v) is 9.89. The minimum atomic E-state index is -0.380. The third kappa shape index (κ3) is 4.35. The maximum atomic E-state index is 12.2. The Balaban J connectivity index is 1.55. The summed E-state index contributed by atoms with van der Waals surface area (Å²) in [7, 11) is 3.12. The van der Waals surface area contributed by atoms with Gasteiger partial charge in [-0.15, -0.1) is 0 Å². The number of piperidine rings is 1. The van der Waals surface area contributed by atoms with Gasteiger partial charge in [0.25, 0.3) is 0 Å². The molecule has 1 saturated carbocycles. The highest BCUT2D eigenvalue weighted by molar-refractivity contribution is 5.91. The summed E-state index contributed by atoms with van der Waals surface area (Å²) in [4.78, 5) is 18.1. The Morgan fingerprint density at radius 2 is 2.09 bits per heavy atom. The molecular weight excluding hydrogens is 440 g/mol. The molecule has 182 valence electrons. The molecule has 1 spiro atoms. The average molecular weight is 473 g/mol. The molecule has 1 aliphatic heterocycles. The van der Waals surface area contributed by atoms with Crippen molar-refractivity contribution in [1.29, 1.82) is 5.26 Å². The average Bonchev–Trinajstić information content (AvgIpc) is 3.43. The molecule has 1 aromatic heterocycles. The molecule has 2 aliphatic rings. The van der Waals surface area contributed by atoms with Crippen LogP contribution in [0.25, 0.3) is 10.9 Å². The van der Waals surface area contributed by atoms with Gasteiger partial charge in [0.2, 0.25) is 0 Å². The number of fused-ring (bicyclic) bond motifs is 1. The predicted molar refractivity (Wildman–Crippen MR) is 136 cm³/mol. The molecule has 2 aromatic carbocycles. The predicted octanol–water partition coefficient (Wildman–Crippen LogP) is 5.32. The van der Waals surface area contributed by atoms with E-state index in [1.807, 2.05) is 24.4 Å². The van der Waals surface area contributed by atoms with Crippen LogP contribution < -0.4 is 10.1 Å². The molecule has 5 rings (SSSR count). The van der Waals surface area contributed by atoms with Gasteiger partial charge in [-0.3, -0.25) is 4.90 Å². The molecule has 1 saturated heterocycles. The largest absolute Gasteiger partial charge is 0.496 e. The second kappa shape index (κ2) is 9.27. The highest BCUT2D eigenvalue weighted by Gasteiger charge is 2.48. The molecule has 1 aliphatic carbocycles. The first-order chi connectivity index (χ1) is 17.0. The van der Waals surface area contributed by atoms with Crippen LogP contribution in [0.3, 0.4) is 0 Å². The molecule has 0 radical (unpaired) electrons. The number of nitrogens with one attached hydrogen (secondary N) is 2. The maximum Gasteiger partial charge on any atom is 0.337 e. The lowest BCUT2D eigenvalue weighted by Crippen LogP contribution is -2.37. The number of anilines is 1. The summed E-state index contributed by atoms with van der Waals surface area (Å²) in [6, 6.07) is 12.3. The van der Waals surface area contributed by atoms with E-state index in [2.05, 4.69) is 40.3 Å². The fourth-order valence-corrected chi connectivity index (χ4v) is 5.67. The Hall–Kier alpha value is -3.50. The van der Waals surface area contributed by atoms with Crippen LogP contribution in [-0.4, -0.2) is 43.2 Å². The number of rotatable bonds is 7. The normalized spacial score (nSPS) is 18.9. The van der Waals surface area contributed by atoms with Gasteiger partial charge in [0, 0.05) is 40.9 Å². The number of benzene rings is 2. The van der Waals surface area contributed by atoms with E-state index in [1.54, 1.807) is 7.11 Å². The summed E-state index contributed by atoms with van der Waals surface area (Å²) in [6.07, 6.45) is 6.79. The molecule has 1 atom stereocenters. The molecule has 2 N–H and O–H groups in total. The Labute approximate surface area is 206 Å². The number of methoxy groups -OCH3 is 2. The summed E-state index contributed by atoms with van der Waals surface area (Å²) in [5.74, 6) is 0.527. The van der Waals surface area contributed by atoms with Crippen LogP contribution in [0.5, 0.6) is 5.75 Å². The quantitative estimate of drug-likeness (QED) is 0.357. The van der Waals surface area contributed by atoms with Crippen molar-refractivity contribution in [2.45, 2.75) is 45.2 Å². The highest BCUT2D eigenvalue weighted by Crippen LogP contribution is 2.59. The third-order valence-electron chi connectivity index (χ3n) is 7.84. The van der Waals surface area contributed by atoms with E-state index in [-0.39, 0.29) is 18.6 Å². The van der Waals surface area contributed by atoms with Crippen LogP contribution in [0.15, 0.2) is 36.5 Å².